The molecule has 206 valence electrons. The van der Waals surface area contributed by atoms with Gasteiger partial charge in [0.2, 0.25) is 11.4 Å². The predicted octanol–water partition coefficient (Wildman–Crippen LogP) is 4.36. The lowest BCUT2D eigenvalue weighted by atomic mass is 10.1. The molecule has 0 unspecified atom stereocenters. The Bertz CT molecular complexity index is 1610. The molecule has 3 heterocycles. The lowest BCUT2D eigenvalue weighted by Gasteiger charge is -2.31. The molecule has 0 bridgehead atoms. The molecule has 9 nitrogen and oxygen atoms in total. The van der Waals surface area contributed by atoms with Crippen molar-refractivity contribution in [2.24, 2.45) is 0 Å². The van der Waals surface area contributed by atoms with Gasteiger partial charge in [0.15, 0.2) is 5.65 Å². The number of nitrogens with one attached hydrogen (secondary N) is 1. The minimum atomic E-state index is -1.27. The first-order chi connectivity index (χ1) is 19.5. The first-order valence-corrected chi connectivity index (χ1v) is 13.9. The van der Waals surface area contributed by atoms with Gasteiger partial charge in [-0.15, -0.1) is 0 Å². The molecule has 40 heavy (non-hydrogen) atoms. The highest BCUT2D eigenvalue weighted by Crippen LogP contribution is 2.26. The van der Waals surface area contributed by atoms with Crippen LogP contribution in [0.2, 0.25) is 0 Å². The molecule has 2 aliphatic rings. The topological polar surface area (TPSA) is 110 Å². The lowest BCUT2D eigenvalue weighted by Crippen LogP contribution is -2.37. The van der Waals surface area contributed by atoms with Crippen LogP contribution < -0.4 is 10.7 Å². The Morgan fingerprint density at radius 3 is 2.67 bits per heavy atom. The summed E-state index contributed by atoms with van der Waals surface area (Å²) >= 11 is 0. The van der Waals surface area contributed by atoms with Gasteiger partial charge in [-0.25, -0.2) is 9.78 Å². The molecular formula is C31H33N5O4. The molecule has 2 aromatic carbocycles. The van der Waals surface area contributed by atoms with Crippen LogP contribution >= 0.6 is 0 Å². The van der Waals surface area contributed by atoms with Crippen molar-refractivity contribution in [3.8, 4) is 5.69 Å². The second kappa shape index (κ2) is 11.2. The van der Waals surface area contributed by atoms with Crippen molar-refractivity contribution in [3.63, 3.8) is 0 Å². The highest BCUT2D eigenvalue weighted by molar-refractivity contribution is 5.92. The predicted molar refractivity (Wildman–Crippen MR) is 154 cm³/mol. The molecular weight excluding hydrogens is 506 g/mol. The van der Waals surface area contributed by atoms with Crippen LogP contribution in [-0.4, -0.2) is 63.4 Å². The number of nitrogens with zero attached hydrogens (tertiary/aromatic N) is 4. The first-order valence-electron chi connectivity index (χ1n) is 13.9. The van der Waals surface area contributed by atoms with Gasteiger partial charge in [-0.3, -0.25) is 4.79 Å². The number of pyridine rings is 1. The highest BCUT2D eigenvalue weighted by Gasteiger charge is 2.20. The van der Waals surface area contributed by atoms with E-state index in [0.717, 1.165) is 69.7 Å². The number of hydrogen-bond donors (Lipinski definition) is 2. The van der Waals surface area contributed by atoms with Gasteiger partial charge in [0.05, 0.1) is 5.39 Å². The molecule has 6 rings (SSSR count). The maximum Gasteiger partial charge on any atom is 0.341 e. The van der Waals surface area contributed by atoms with E-state index in [1.807, 2.05) is 18.2 Å². The van der Waals surface area contributed by atoms with E-state index in [2.05, 4.69) is 51.5 Å². The van der Waals surface area contributed by atoms with E-state index < -0.39 is 11.4 Å². The van der Waals surface area contributed by atoms with E-state index in [9.17, 15) is 14.7 Å². The normalized spacial score (nSPS) is 15.4. The van der Waals surface area contributed by atoms with Gasteiger partial charge in [-0.05, 0) is 86.5 Å². The van der Waals surface area contributed by atoms with Crippen LogP contribution in [0.25, 0.3) is 16.7 Å². The fourth-order valence-electron chi connectivity index (χ4n) is 5.73. The summed E-state index contributed by atoms with van der Waals surface area (Å²) in [6.45, 7) is 2.68. The number of carbonyl (C=O) groups is 1. The quantitative estimate of drug-likeness (QED) is 0.340. The van der Waals surface area contributed by atoms with E-state index in [1.54, 1.807) is 4.57 Å². The van der Waals surface area contributed by atoms with Crippen LogP contribution in [-0.2, 0) is 24.0 Å². The largest absolute Gasteiger partial charge is 0.477 e. The number of anilines is 2. The second-order valence-corrected chi connectivity index (χ2v) is 10.7. The van der Waals surface area contributed by atoms with Crippen LogP contribution in [0.3, 0.4) is 0 Å². The highest BCUT2D eigenvalue weighted by atomic mass is 16.5. The smallest absolute Gasteiger partial charge is 0.341 e. The van der Waals surface area contributed by atoms with Crippen molar-refractivity contribution in [1.82, 2.24) is 19.4 Å². The third-order valence-electron chi connectivity index (χ3n) is 8.11. The fraction of sp³-hybridized carbons (Fsp3) is 0.355. The van der Waals surface area contributed by atoms with Crippen molar-refractivity contribution in [3.05, 3.63) is 87.3 Å². The average Bonchev–Trinajstić information content (AvgIpc) is 3.45. The number of carboxylic acid groups (broad SMARTS) is 1. The summed E-state index contributed by atoms with van der Waals surface area (Å²) in [7, 11) is 2.19. The molecule has 0 radical (unpaired) electrons. The van der Waals surface area contributed by atoms with Crippen molar-refractivity contribution in [2.75, 3.05) is 32.1 Å². The number of rotatable bonds is 8. The molecule has 0 amide bonds. The summed E-state index contributed by atoms with van der Waals surface area (Å²) in [5.41, 5.74) is 4.85. The van der Waals surface area contributed by atoms with Crippen molar-refractivity contribution < 1.29 is 14.6 Å². The Morgan fingerprint density at radius 1 is 1.12 bits per heavy atom. The van der Waals surface area contributed by atoms with Gasteiger partial charge in [0.25, 0.3) is 0 Å². The third-order valence-corrected chi connectivity index (χ3v) is 8.11. The summed E-state index contributed by atoms with van der Waals surface area (Å²) in [4.78, 5) is 36.3. The Labute approximate surface area is 232 Å². The molecule has 2 aromatic heterocycles. The number of fused-ring (bicyclic) bond motifs is 2. The minimum Gasteiger partial charge on any atom is -0.477 e. The van der Waals surface area contributed by atoms with Crippen molar-refractivity contribution in [2.45, 2.75) is 44.6 Å². The monoisotopic (exact) mass is 539 g/mol. The second-order valence-electron chi connectivity index (χ2n) is 10.7. The number of aryl methyl sites for hydroxylation is 2. The number of aromatic carboxylic acids is 1. The molecule has 2 N–H and O–H groups in total. The molecule has 1 aliphatic carbocycles. The summed E-state index contributed by atoms with van der Waals surface area (Å²) < 4.78 is 7.16. The summed E-state index contributed by atoms with van der Waals surface area (Å²) in [5.74, 6) is -0.945. The zero-order valence-corrected chi connectivity index (χ0v) is 22.6. The molecule has 0 atom stereocenters. The minimum absolute atomic E-state index is 0.162. The summed E-state index contributed by atoms with van der Waals surface area (Å²) in [6, 6.07) is 14.9. The molecule has 4 aromatic rings. The van der Waals surface area contributed by atoms with Crippen LogP contribution in [0, 0.1) is 0 Å². The van der Waals surface area contributed by atoms with E-state index in [-0.39, 0.29) is 10.9 Å². The lowest BCUT2D eigenvalue weighted by molar-refractivity contribution is 0.0434. The van der Waals surface area contributed by atoms with Gasteiger partial charge in [-0.1, -0.05) is 18.2 Å². The summed E-state index contributed by atoms with van der Waals surface area (Å²) in [6.07, 6.45) is 9.03. The van der Waals surface area contributed by atoms with Gasteiger partial charge in [-0.2, -0.15) is 4.98 Å². The third kappa shape index (κ3) is 5.35. The zero-order valence-electron chi connectivity index (χ0n) is 22.6. The Hall–Kier alpha value is -4.08. The molecule has 9 heteroatoms. The maximum absolute atomic E-state index is 13.0. The van der Waals surface area contributed by atoms with Crippen LogP contribution in [0.4, 0.5) is 11.6 Å². The average molecular weight is 540 g/mol. The molecule has 1 aliphatic heterocycles. The van der Waals surface area contributed by atoms with Crippen LogP contribution in [0.15, 0.2) is 59.7 Å². The molecule has 1 fully saturated rings. The van der Waals surface area contributed by atoms with E-state index in [1.165, 1.54) is 29.1 Å². The van der Waals surface area contributed by atoms with Crippen LogP contribution in [0.1, 0.15) is 46.3 Å². The van der Waals surface area contributed by atoms with E-state index in [4.69, 9.17) is 4.74 Å². The fourth-order valence-corrected chi connectivity index (χ4v) is 5.73. The van der Waals surface area contributed by atoms with Crippen LogP contribution in [0.5, 0.6) is 0 Å². The number of ether oxygens (including phenoxy) is 1. The molecule has 0 spiro atoms. The van der Waals surface area contributed by atoms with Gasteiger partial charge in [0.1, 0.15) is 5.56 Å². The molecule has 1 saturated heterocycles. The standard InChI is InChI=1S/C31H33N5O4/c1-35(24-12-15-40-16-13-24)14-11-20-5-8-23(9-6-20)33-31-32-18-26-28(37)27(30(38)39)19-36(29(26)34-31)25-10-7-21-3-2-4-22(21)17-25/h5-10,17-19,24H,2-4,11-16H2,1H3,(H,38,39)(H,32,33,34). The first kappa shape index (κ1) is 26.2. The van der Waals surface area contributed by atoms with Gasteiger partial charge < -0.3 is 24.6 Å². The Balaban J connectivity index is 1.25. The van der Waals surface area contributed by atoms with E-state index >= 15 is 0 Å². The zero-order chi connectivity index (χ0) is 27.6. The number of benzene rings is 2. The number of hydrogen-bond acceptors (Lipinski definition) is 7. The van der Waals surface area contributed by atoms with Crippen molar-refractivity contribution >= 4 is 28.6 Å². The Morgan fingerprint density at radius 2 is 1.90 bits per heavy atom. The summed E-state index contributed by atoms with van der Waals surface area (Å²) in [5, 5.41) is 13.1. The SMILES string of the molecule is CN(CCc1ccc(Nc2ncc3c(=O)c(C(=O)O)cn(-c4ccc5c(c4)CCC5)c3n2)cc1)C1CCOCC1. The van der Waals surface area contributed by atoms with E-state index in [0.29, 0.717) is 17.6 Å². The number of likely N-dealkylation sites (N-methyl/N-ethyl adjacent to an activating group) is 1. The number of aromatic nitrogens is 3. The van der Waals surface area contributed by atoms with Gasteiger partial charge >= 0.3 is 5.97 Å². The number of carboxylic acids is 1. The molecule has 0 saturated carbocycles. The van der Waals surface area contributed by atoms with Gasteiger partial charge in [0, 0.05) is 49.6 Å². The van der Waals surface area contributed by atoms with Crippen molar-refractivity contribution in [1.29, 1.82) is 0 Å². The Kier molecular flexibility index (Phi) is 7.32. The maximum atomic E-state index is 13.0.